The van der Waals surface area contributed by atoms with E-state index in [-0.39, 0.29) is 28.0 Å². The lowest BCUT2D eigenvalue weighted by molar-refractivity contribution is 0.377. The minimum absolute atomic E-state index is 0.162. The fourth-order valence-electron chi connectivity index (χ4n) is 1.42. The van der Waals surface area contributed by atoms with Gasteiger partial charge in [0.25, 0.3) is 5.88 Å². The number of ether oxygens (including phenoxy) is 1. The highest BCUT2D eigenvalue weighted by atomic mass is 32.2. The smallest absolute Gasteiger partial charge is 0.265 e. The van der Waals surface area contributed by atoms with E-state index in [0.29, 0.717) is 0 Å². The molecule has 0 saturated heterocycles. The van der Waals surface area contributed by atoms with E-state index in [1.807, 2.05) is 0 Å². The van der Waals surface area contributed by atoms with Crippen LogP contribution in [0.15, 0.2) is 29.4 Å². The molecule has 0 saturated carbocycles. The maximum absolute atomic E-state index is 13.8. The first kappa shape index (κ1) is 14.2. The normalized spacial score (nSPS) is 11.3. The zero-order valence-electron chi connectivity index (χ0n) is 10.7. The Balaban J connectivity index is 2.38. The van der Waals surface area contributed by atoms with Crippen molar-refractivity contribution >= 4 is 9.84 Å². The van der Waals surface area contributed by atoms with Crippen LogP contribution in [-0.2, 0) is 9.84 Å². The van der Waals surface area contributed by atoms with Crippen LogP contribution in [0.25, 0.3) is 0 Å². The van der Waals surface area contributed by atoms with Crippen molar-refractivity contribution in [2.24, 2.45) is 0 Å². The van der Waals surface area contributed by atoms with Gasteiger partial charge in [0.1, 0.15) is 6.33 Å². The lowest BCUT2D eigenvalue weighted by atomic mass is 10.3. The van der Waals surface area contributed by atoms with Crippen LogP contribution in [0.5, 0.6) is 17.4 Å². The Morgan fingerprint density at radius 2 is 2.00 bits per heavy atom. The van der Waals surface area contributed by atoms with Crippen LogP contribution in [0.3, 0.4) is 0 Å². The third-order valence-electron chi connectivity index (χ3n) is 2.51. The van der Waals surface area contributed by atoms with Crippen molar-refractivity contribution in [1.29, 1.82) is 0 Å². The van der Waals surface area contributed by atoms with Gasteiger partial charge in [0.05, 0.1) is 10.6 Å². The van der Waals surface area contributed by atoms with Gasteiger partial charge in [0.2, 0.25) is 5.75 Å². The number of aromatic nitrogens is 2. The summed E-state index contributed by atoms with van der Waals surface area (Å²) in [6, 6.07) is 3.21. The van der Waals surface area contributed by atoms with Crippen LogP contribution in [0, 0.1) is 12.7 Å². The average Bonchev–Trinajstić information content (AvgIpc) is 2.36. The Kier molecular flexibility index (Phi) is 3.58. The van der Waals surface area contributed by atoms with Gasteiger partial charge in [-0.25, -0.2) is 17.8 Å². The summed E-state index contributed by atoms with van der Waals surface area (Å²) in [6.45, 7) is 1.53. The van der Waals surface area contributed by atoms with Crippen molar-refractivity contribution < 1.29 is 22.7 Å². The average molecular weight is 298 g/mol. The zero-order valence-corrected chi connectivity index (χ0v) is 11.5. The second-order valence-electron chi connectivity index (χ2n) is 4.08. The molecule has 0 unspecified atom stereocenters. The van der Waals surface area contributed by atoms with Crippen LogP contribution >= 0.6 is 0 Å². The number of nitrogens with zero attached hydrogens (tertiary/aromatic N) is 2. The molecule has 106 valence electrons. The highest BCUT2D eigenvalue weighted by Gasteiger charge is 2.15. The predicted octanol–water partition coefficient (Wildman–Crippen LogP) is 1.83. The van der Waals surface area contributed by atoms with Gasteiger partial charge < -0.3 is 9.84 Å². The Morgan fingerprint density at radius 3 is 2.60 bits per heavy atom. The maximum atomic E-state index is 13.8. The molecule has 0 aliphatic carbocycles. The van der Waals surface area contributed by atoms with Crippen LogP contribution < -0.4 is 4.74 Å². The molecular formula is C12H11FN2O4S. The molecule has 1 N–H and O–H groups in total. The number of hydrogen-bond acceptors (Lipinski definition) is 6. The molecule has 1 aromatic heterocycles. The van der Waals surface area contributed by atoms with Crippen LogP contribution in [0.2, 0.25) is 0 Å². The first-order valence-corrected chi connectivity index (χ1v) is 7.36. The SMILES string of the molecule is Cc1ncnc(Oc2ccc(S(C)(=O)=O)cc2F)c1O. The number of aryl methyl sites for hydroxylation is 1. The summed E-state index contributed by atoms with van der Waals surface area (Å²) in [5.74, 6) is -1.63. The minimum Gasteiger partial charge on any atom is -0.502 e. The molecule has 20 heavy (non-hydrogen) atoms. The first-order valence-electron chi connectivity index (χ1n) is 5.47. The number of rotatable bonds is 3. The highest BCUT2D eigenvalue weighted by Crippen LogP contribution is 2.31. The number of hydrogen-bond donors (Lipinski definition) is 1. The summed E-state index contributed by atoms with van der Waals surface area (Å²) in [5.41, 5.74) is 0.281. The summed E-state index contributed by atoms with van der Waals surface area (Å²) < 4.78 is 41.5. The second-order valence-corrected chi connectivity index (χ2v) is 6.10. The molecule has 0 spiro atoms. The van der Waals surface area contributed by atoms with Gasteiger partial charge in [-0.1, -0.05) is 0 Å². The van der Waals surface area contributed by atoms with Gasteiger partial charge in [-0.05, 0) is 25.1 Å². The number of sulfone groups is 1. The topological polar surface area (TPSA) is 89.4 Å². The molecule has 0 aliphatic rings. The molecule has 0 atom stereocenters. The Bertz CT molecular complexity index is 762. The summed E-state index contributed by atoms with van der Waals surface area (Å²) in [6.07, 6.45) is 2.13. The van der Waals surface area contributed by atoms with Gasteiger partial charge in [-0.2, -0.15) is 4.98 Å². The van der Waals surface area contributed by atoms with Gasteiger partial charge in [0.15, 0.2) is 21.4 Å². The Labute approximate surface area is 114 Å². The fraction of sp³-hybridized carbons (Fsp3) is 0.167. The van der Waals surface area contributed by atoms with E-state index in [0.717, 1.165) is 24.7 Å². The van der Waals surface area contributed by atoms with Crippen molar-refractivity contribution in [3.63, 3.8) is 0 Å². The van der Waals surface area contributed by atoms with Gasteiger partial charge in [-0.15, -0.1) is 0 Å². The monoisotopic (exact) mass is 298 g/mol. The van der Waals surface area contributed by atoms with E-state index in [4.69, 9.17) is 4.74 Å². The minimum atomic E-state index is -3.50. The van der Waals surface area contributed by atoms with E-state index in [2.05, 4.69) is 9.97 Å². The summed E-state index contributed by atoms with van der Waals surface area (Å²) in [5, 5.41) is 9.67. The van der Waals surface area contributed by atoms with E-state index in [1.165, 1.54) is 13.0 Å². The molecular weight excluding hydrogens is 287 g/mol. The van der Waals surface area contributed by atoms with E-state index in [9.17, 15) is 17.9 Å². The van der Waals surface area contributed by atoms with Gasteiger partial charge >= 0.3 is 0 Å². The Morgan fingerprint density at radius 1 is 1.30 bits per heavy atom. The molecule has 2 rings (SSSR count). The first-order chi connectivity index (χ1) is 9.29. The Hall–Kier alpha value is -2.22. The standard InChI is InChI=1S/C12H11FN2O4S/c1-7-11(16)12(15-6-14-7)19-10-4-3-8(5-9(10)13)20(2,17)18/h3-6,16H,1-2H3. The summed E-state index contributed by atoms with van der Waals surface area (Å²) in [4.78, 5) is 7.25. The van der Waals surface area contributed by atoms with Crippen LogP contribution in [-0.4, -0.2) is 29.7 Å². The van der Waals surface area contributed by atoms with E-state index >= 15 is 0 Å². The molecule has 1 aromatic carbocycles. The molecule has 0 aliphatic heterocycles. The zero-order chi connectivity index (χ0) is 14.9. The van der Waals surface area contributed by atoms with Crippen molar-refractivity contribution in [1.82, 2.24) is 9.97 Å². The number of aromatic hydroxyl groups is 1. The number of benzene rings is 1. The largest absolute Gasteiger partial charge is 0.502 e. The van der Waals surface area contributed by atoms with Gasteiger partial charge in [0, 0.05) is 6.26 Å². The van der Waals surface area contributed by atoms with E-state index < -0.39 is 15.7 Å². The third kappa shape index (κ3) is 2.85. The molecule has 8 heteroatoms. The third-order valence-corrected chi connectivity index (χ3v) is 3.62. The molecule has 0 radical (unpaired) electrons. The predicted molar refractivity (Wildman–Crippen MR) is 68.0 cm³/mol. The van der Waals surface area contributed by atoms with E-state index in [1.54, 1.807) is 0 Å². The molecule has 0 bridgehead atoms. The number of halogens is 1. The van der Waals surface area contributed by atoms with Crippen LogP contribution in [0.4, 0.5) is 4.39 Å². The van der Waals surface area contributed by atoms with Crippen molar-refractivity contribution in [3.8, 4) is 17.4 Å². The van der Waals surface area contributed by atoms with Crippen molar-refractivity contribution in [3.05, 3.63) is 36.0 Å². The molecule has 2 aromatic rings. The summed E-state index contributed by atoms with van der Waals surface area (Å²) >= 11 is 0. The second kappa shape index (κ2) is 5.04. The summed E-state index contributed by atoms with van der Waals surface area (Å²) in [7, 11) is -3.50. The maximum Gasteiger partial charge on any atom is 0.265 e. The molecule has 0 fully saturated rings. The quantitative estimate of drug-likeness (QED) is 0.929. The molecule has 0 amide bonds. The van der Waals surface area contributed by atoms with Crippen LogP contribution in [0.1, 0.15) is 5.69 Å². The molecule has 6 nitrogen and oxygen atoms in total. The fourth-order valence-corrected chi connectivity index (χ4v) is 2.05. The lowest BCUT2D eigenvalue weighted by Crippen LogP contribution is -1.99. The lowest BCUT2D eigenvalue weighted by Gasteiger charge is -2.08. The van der Waals surface area contributed by atoms with Gasteiger partial charge in [-0.3, -0.25) is 0 Å². The molecule has 1 heterocycles. The highest BCUT2D eigenvalue weighted by molar-refractivity contribution is 7.90. The van der Waals surface area contributed by atoms with Crippen molar-refractivity contribution in [2.75, 3.05) is 6.26 Å². The van der Waals surface area contributed by atoms with Crippen molar-refractivity contribution in [2.45, 2.75) is 11.8 Å².